The lowest BCUT2D eigenvalue weighted by Crippen LogP contribution is -2.36. The number of halogens is 1. The van der Waals surface area contributed by atoms with Gasteiger partial charge in [-0.3, -0.25) is 19.7 Å². The average Bonchev–Trinajstić information content (AvgIpc) is 2.38. The van der Waals surface area contributed by atoms with E-state index in [9.17, 15) is 19.7 Å². The summed E-state index contributed by atoms with van der Waals surface area (Å²) in [4.78, 5) is 32.5. The standard InChI is InChI=1S/C11H14N4O4.ClH/c1-7-2-3-8(15(18)19)4-9(7)14-11(17)6-13-10(16)5-12;/h2-4H,5-6,12H2,1H3,(H,13,16)(H,14,17);1H. The molecule has 0 aliphatic carbocycles. The molecule has 2 amide bonds. The minimum absolute atomic E-state index is 0. The van der Waals surface area contributed by atoms with E-state index < -0.39 is 16.7 Å². The Bertz CT molecular complexity index is 521. The van der Waals surface area contributed by atoms with Gasteiger partial charge >= 0.3 is 0 Å². The molecule has 9 heteroatoms. The lowest BCUT2D eigenvalue weighted by atomic mass is 10.2. The number of anilines is 1. The van der Waals surface area contributed by atoms with Crippen LogP contribution in [-0.4, -0.2) is 29.8 Å². The van der Waals surface area contributed by atoms with Crippen LogP contribution >= 0.6 is 12.4 Å². The summed E-state index contributed by atoms with van der Waals surface area (Å²) in [6.45, 7) is 1.26. The molecule has 0 saturated heterocycles. The van der Waals surface area contributed by atoms with Crippen LogP contribution in [0.5, 0.6) is 0 Å². The van der Waals surface area contributed by atoms with E-state index in [2.05, 4.69) is 10.6 Å². The van der Waals surface area contributed by atoms with Gasteiger partial charge in [0.2, 0.25) is 11.8 Å². The fourth-order valence-corrected chi connectivity index (χ4v) is 1.30. The van der Waals surface area contributed by atoms with Gasteiger partial charge in [0, 0.05) is 12.1 Å². The fourth-order valence-electron chi connectivity index (χ4n) is 1.30. The van der Waals surface area contributed by atoms with Crippen LogP contribution < -0.4 is 16.4 Å². The molecule has 0 atom stereocenters. The molecule has 0 fully saturated rings. The smallest absolute Gasteiger partial charge is 0.271 e. The van der Waals surface area contributed by atoms with Crippen molar-refractivity contribution in [1.82, 2.24) is 5.32 Å². The Morgan fingerprint density at radius 1 is 1.35 bits per heavy atom. The highest BCUT2D eigenvalue weighted by atomic mass is 35.5. The van der Waals surface area contributed by atoms with E-state index in [1.165, 1.54) is 18.2 Å². The number of nitrogens with one attached hydrogen (secondary N) is 2. The lowest BCUT2D eigenvalue weighted by molar-refractivity contribution is -0.384. The number of rotatable bonds is 5. The maximum atomic E-state index is 11.5. The van der Waals surface area contributed by atoms with Crippen LogP contribution in [0.25, 0.3) is 0 Å². The molecule has 8 nitrogen and oxygen atoms in total. The van der Waals surface area contributed by atoms with Gasteiger partial charge in [-0.1, -0.05) is 6.07 Å². The Balaban J connectivity index is 0.00000361. The van der Waals surface area contributed by atoms with Crippen molar-refractivity contribution < 1.29 is 14.5 Å². The normalized spacial score (nSPS) is 9.30. The van der Waals surface area contributed by atoms with Gasteiger partial charge in [-0.2, -0.15) is 0 Å². The zero-order chi connectivity index (χ0) is 14.4. The van der Waals surface area contributed by atoms with E-state index in [1.807, 2.05) is 0 Å². The SMILES string of the molecule is Cc1ccc([N+](=O)[O-])cc1NC(=O)CNC(=O)CN.Cl. The first-order valence-corrected chi connectivity index (χ1v) is 5.45. The molecule has 0 aliphatic heterocycles. The molecule has 4 N–H and O–H groups in total. The van der Waals surface area contributed by atoms with E-state index in [0.29, 0.717) is 11.3 Å². The van der Waals surface area contributed by atoms with Crippen LogP contribution in [0.4, 0.5) is 11.4 Å². The van der Waals surface area contributed by atoms with Gasteiger partial charge < -0.3 is 16.4 Å². The first kappa shape index (κ1) is 17.8. The van der Waals surface area contributed by atoms with E-state index in [0.717, 1.165) is 0 Å². The van der Waals surface area contributed by atoms with Gasteiger partial charge in [0.05, 0.1) is 23.7 Å². The Hall–Kier alpha value is -2.19. The molecule has 1 rings (SSSR count). The van der Waals surface area contributed by atoms with Gasteiger partial charge in [0.25, 0.3) is 5.69 Å². The molecule has 0 radical (unpaired) electrons. The number of hydrogen-bond acceptors (Lipinski definition) is 5. The number of benzene rings is 1. The number of non-ortho nitro benzene ring substituents is 1. The lowest BCUT2D eigenvalue weighted by Gasteiger charge is -2.08. The number of nitrogens with zero attached hydrogens (tertiary/aromatic N) is 1. The fraction of sp³-hybridized carbons (Fsp3) is 0.273. The maximum Gasteiger partial charge on any atom is 0.271 e. The van der Waals surface area contributed by atoms with E-state index in [1.54, 1.807) is 6.92 Å². The topological polar surface area (TPSA) is 127 Å². The number of nitro groups is 1. The van der Waals surface area contributed by atoms with Gasteiger partial charge in [-0.15, -0.1) is 12.4 Å². The number of hydrogen-bond donors (Lipinski definition) is 3. The molecule has 1 aromatic carbocycles. The van der Waals surface area contributed by atoms with Gasteiger partial charge in [0.1, 0.15) is 0 Å². The highest BCUT2D eigenvalue weighted by Gasteiger charge is 2.11. The van der Waals surface area contributed by atoms with Crippen molar-refractivity contribution >= 4 is 35.6 Å². The molecule has 0 spiro atoms. The summed E-state index contributed by atoms with van der Waals surface area (Å²) < 4.78 is 0. The van der Waals surface area contributed by atoms with Crippen LogP contribution in [0.2, 0.25) is 0 Å². The molecule has 110 valence electrons. The van der Waals surface area contributed by atoms with Crippen LogP contribution in [0.1, 0.15) is 5.56 Å². The Kier molecular flexibility index (Phi) is 7.19. The number of nitrogens with two attached hydrogens (primary N) is 1. The van der Waals surface area contributed by atoms with Crippen molar-refractivity contribution in [2.75, 3.05) is 18.4 Å². The van der Waals surface area contributed by atoms with Gasteiger partial charge in [0.15, 0.2) is 0 Å². The number of carbonyl (C=O) groups is 2. The van der Waals surface area contributed by atoms with Crippen molar-refractivity contribution in [3.63, 3.8) is 0 Å². The second-order valence-electron chi connectivity index (χ2n) is 3.79. The minimum atomic E-state index is -0.550. The van der Waals surface area contributed by atoms with Crippen molar-refractivity contribution in [3.05, 3.63) is 33.9 Å². The Morgan fingerprint density at radius 2 is 2.00 bits per heavy atom. The maximum absolute atomic E-state index is 11.5. The van der Waals surface area contributed by atoms with E-state index >= 15 is 0 Å². The van der Waals surface area contributed by atoms with Crippen molar-refractivity contribution in [1.29, 1.82) is 0 Å². The predicted molar refractivity (Wildman–Crippen MR) is 75.8 cm³/mol. The third-order valence-corrected chi connectivity index (χ3v) is 2.34. The first-order valence-electron chi connectivity index (χ1n) is 5.45. The van der Waals surface area contributed by atoms with Gasteiger partial charge in [-0.25, -0.2) is 0 Å². The summed E-state index contributed by atoms with van der Waals surface area (Å²) in [6.07, 6.45) is 0. The number of aryl methyl sites for hydroxylation is 1. The molecule has 0 bridgehead atoms. The predicted octanol–water partition coefficient (Wildman–Crippen LogP) is 0.338. The third kappa shape index (κ3) is 5.21. The minimum Gasteiger partial charge on any atom is -0.346 e. The summed E-state index contributed by atoms with van der Waals surface area (Å²) in [5, 5.41) is 15.4. The number of amides is 2. The summed E-state index contributed by atoms with van der Waals surface area (Å²) >= 11 is 0. The van der Waals surface area contributed by atoms with Crippen molar-refractivity contribution in [3.8, 4) is 0 Å². The highest BCUT2D eigenvalue weighted by Crippen LogP contribution is 2.21. The zero-order valence-electron chi connectivity index (χ0n) is 10.7. The Labute approximate surface area is 121 Å². The molecular formula is C11H15ClN4O4. The third-order valence-electron chi connectivity index (χ3n) is 2.34. The number of nitro benzene ring substituents is 1. The zero-order valence-corrected chi connectivity index (χ0v) is 11.5. The second-order valence-corrected chi connectivity index (χ2v) is 3.79. The van der Waals surface area contributed by atoms with Crippen LogP contribution in [0.15, 0.2) is 18.2 Å². The molecule has 0 aliphatic rings. The summed E-state index contributed by atoms with van der Waals surface area (Å²) in [7, 11) is 0. The summed E-state index contributed by atoms with van der Waals surface area (Å²) in [6, 6.07) is 4.14. The summed E-state index contributed by atoms with van der Waals surface area (Å²) in [5.41, 5.74) is 5.97. The quantitative estimate of drug-likeness (QED) is 0.534. The molecule has 20 heavy (non-hydrogen) atoms. The van der Waals surface area contributed by atoms with Crippen LogP contribution in [-0.2, 0) is 9.59 Å². The van der Waals surface area contributed by atoms with Crippen molar-refractivity contribution in [2.45, 2.75) is 6.92 Å². The molecule has 0 unspecified atom stereocenters. The molecule has 0 heterocycles. The Morgan fingerprint density at radius 3 is 2.55 bits per heavy atom. The van der Waals surface area contributed by atoms with Crippen LogP contribution in [0, 0.1) is 17.0 Å². The second kappa shape index (κ2) is 8.08. The monoisotopic (exact) mass is 302 g/mol. The average molecular weight is 303 g/mol. The van der Waals surface area contributed by atoms with Crippen LogP contribution in [0.3, 0.4) is 0 Å². The van der Waals surface area contributed by atoms with E-state index in [4.69, 9.17) is 5.73 Å². The molecule has 1 aromatic rings. The number of carbonyl (C=O) groups excluding carboxylic acids is 2. The highest BCUT2D eigenvalue weighted by molar-refractivity contribution is 5.95. The molecular weight excluding hydrogens is 288 g/mol. The van der Waals surface area contributed by atoms with E-state index in [-0.39, 0.29) is 31.2 Å². The first-order chi connectivity index (χ1) is 8.93. The molecule has 0 saturated carbocycles. The van der Waals surface area contributed by atoms with Gasteiger partial charge in [-0.05, 0) is 12.5 Å². The summed E-state index contributed by atoms with van der Waals surface area (Å²) in [5.74, 6) is -0.934. The van der Waals surface area contributed by atoms with Crippen molar-refractivity contribution in [2.24, 2.45) is 5.73 Å². The largest absolute Gasteiger partial charge is 0.346 e. The molecule has 0 aromatic heterocycles.